The van der Waals surface area contributed by atoms with E-state index in [2.05, 4.69) is 10.6 Å². The molecule has 0 spiro atoms. The fourth-order valence-corrected chi connectivity index (χ4v) is 4.67. The van der Waals surface area contributed by atoms with E-state index in [4.69, 9.17) is 4.74 Å². The molecular weight excluding hydrogens is 402 g/mol. The Kier molecular flexibility index (Phi) is 6.79. The summed E-state index contributed by atoms with van der Waals surface area (Å²) < 4.78 is 31.2. The van der Waals surface area contributed by atoms with Crippen LogP contribution in [-0.4, -0.2) is 63.1 Å². The molecule has 0 saturated carbocycles. The van der Waals surface area contributed by atoms with Crippen LogP contribution in [0.4, 0.5) is 5.69 Å². The monoisotopic (exact) mass is 423 g/mol. The number of nitrogens with one attached hydrogen (secondary N) is 2. The van der Waals surface area contributed by atoms with E-state index < -0.39 is 15.9 Å². The average molecular weight is 424 g/mol. The molecule has 1 aliphatic rings. The summed E-state index contributed by atoms with van der Waals surface area (Å²) in [6, 6.07) is 10.1. The second kappa shape index (κ2) is 9.28. The van der Waals surface area contributed by atoms with E-state index >= 15 is 0 Å². The zero-order valence-electron chi connectivity index (χ0n) is 15.1. The maximum Gasteiger partial charge on any atom is 0.265 e. The van der Waals surface area contributed by atoms with E-state index in [-0.39, 0.29) is 23.8 Å². The second-order valence-corrected chi connectivity index (χ2v) is 9.10. The van der Waals surface area contributed by atoms with Crippen LogP contribution in [0.1, 0.15) is 20.0 Å². The molecule has 1 saturated heterocycles. The first kappa shape index (κ1) is 20.5. The van der Waals surface area contributed by atoms with E-state index in [0.717, 1.165) is 0 Å². The zero-order valence-corrected chi connectivity index (χ0v) is 16.7. The van der Waals surface area contributed by atoms with Crippen molar-refractivity contribution in [2.24, 2.45) is 0 Å². The summed E-state index contributed by atoms with van der Waals surface area (Å²) >= 11 is 1.30. The predicted molar refractivity (Wildman–Crippen MR) is 107 cm³/mol. The van der Waals surface area contributed by atoms with Crippen molar-refractivity contribution in [2.45, 2.75) is 0 Å². The summed E-state index contributed by atoms with van der Waals surface area (Å²) in [5, 5.41) is 7.13. The molecule has 2 aromatic rings. The van der Waals surface area contributed by atoms with Crippen molar-refractivity contribution in [3.8, 4) is 0 Å². The molecule has 0 atom stereocenters. The number of hydrogen-bond donors (Lipinski definition) is 2. The van der Waals surface area contributed by atoms with Crippen molar-refractivity contribution in [2.75, 3.05) is 43.9 Å². The summed E-state index contributed by atoms with van der Waals surface area (Å²) in [6.45, 7) is 1.39. The summed E-state index contributed by atoms with van der Waals surface area (Å²) in [6.07, 6.45) is 0. The van der Waals surface area contributed by atoms with Crippen LogP contribution >= 0.6 is 11.3 Å². The number of anilines is 1. The highest BCUT2D eigenvalue weighted by Gasteiger charge is 2.24. The Labute approximate surface area is 167 Å². The van der Waals surface area contributed by atoms with E-state index in [1.54, 1.807) is 41.8 Å². The smallest absolute Gasteiger partial charge is 0.265 e. The summed E-state index contributed by atoms with van der Waals surface area (Å²) in [5.41, 5.74) is 0.644. The molecule has 2 heterocycles. The van der Waals surface area contributed by atoms with Crippen molar-refractivity contribution in [3.63, 3.8) is 0 Å². The normalized spacial score (nSPS) is 15.1. The second-order valence-electron chi connectivity index (χ2n) is 6.06. The lowest BCUT2D eigenvalue weighted by molar-refractivity contribution is 0.0730. The van der Waals surface area contributed by atoms with Crippen molar-refractivity contribution < 1.29 is 22.7 Å². The van der Waals surface area contributed by atoms with Gasteiger partial charge in [0.25, 0.3) is 11.8 Å². The van der Waals surface area contributed by atoms with Gasteiger partial charge < -0.3 is 15.4 Å². The average Bonchev–Trinajstić information content (AvgIpc) is 3.24. The molecule has 2 amide bonds. The fourth-order valence-electron chi connectivity index (χ4n) is 2.72. The number of carbonyl (C=O) groups excluding carboxylic acids is 2. The Morgan fingerprint density at radius 2 is 1.82 bits per heavy atom. The van der Waals surface area contributed by atoms with Gasteiger partial charge in [-0.25, -0.2) is 8.42 Å². The standard InChI is InChI=1S/C18H21N3O5S2/c22-17(19-7-13-28(24,25)21-8-10-26-11-9-21)14-4-1-2-5-15(14)20-18(23)16-6-3-12-27-16/h1-6,12H,7-11,13H2,(H,19,22)(H,20,23). The van der Waals surface area contributed by atoms with Gasteiger partial charge in [0, 0.05) is 19.6 Å². The lowest BCUT2D eigenvalue weighted by atomic mass is 10.1. The number of benzene rings is 1. The first-order chi connectivity index (χ1) is 13.5. The van der Waals surface area contributed by atoms with Crippen molar-refractivity contribution >= 4 is 38.9 Å². The van der Waals surface area contributed by atoms with Crippen LogP contribution < -0.4 is 10.6 Å². The van der Waals surface area contributed by atoms with Crippen molar-refractivity contribution in [1.29, 1.82) is 0 Å². The molecule has 1 aromatic carbocycles. The molecule has 0 radical (unpaired) electrons. The molecule has 28 heavy (non-hydrogen) atoms. The Morgan fingerprint density at radius 3 is 2.54 bits per heavy atom. The lowest BCUT2D eigenvalue weighted by Gasteiger charge is -2.26. The minimum Gasteiger partial charge on any atom is -0.379 e. The van der Waals surface area contributed by atoms with Gasteiger partial charge in [-0.15, -0.1) is 11.3 Å². The largest absolute Gasteiger partial charge is 0.379 e. The third-order valence-corrected chi connectivity index (χ3v) is 6.91. The SMILES string of the molecule is O=C(Nc1ccccc1C(=O)NCCS(=O)(=O)N1CCOCC1)c1cccs1. The third-order valence-electron chi connectivity index (χ3n) is 4.17. The first-order valence-electron chi connectivity index (χ1n) is 8.75. The van der Waals surface area contributed by atoms with Gasteiger partial charge in [-0.3, -0.25) is 9.59 Å². The summed E-state index contributed by atoms with van der Waals surface area (Å²) in [5.74, 6) is -0.938. The minimum atomic E-state index is -3.45. The van der Waals surface area contributed by atoms with Gasteiger partial charge in [0.2, 0.25) is 10.0 Å². The van der Waals surface area contributed by atoms with E-state index in [1.165, 1.54) is 15.6 Å². The quantitative estimate of drug-likeness (QED) is 0.700. The predicted octanol–water partition coefficient (Wildman–Crippen LogP) is 1.39. The Balaban J connectivity index is 1.59. The molecule has 150 valence electrons. The Morgan fingerprint density at radius 1 is 1.07 bits per heavy atom. The van der Waals surface area contributed by atoms with Crippen LogP contribution in [-0.2, 0) is 14.8 Å². The number of thiophene rings is 1. The third kappa shape index (κ3) is 5.16. The molecule has 8 nitrogen and oxygen atoms in total. The molecule has 3 rings (SSSR count). The van der Waals surface area contributed by atoms with Crippen LogP contribution in [0, 0.1) is 0 Å². The summed E-state index contributed by atoms with van der Waals surface area (Å²) in [4.78, 5) is 25.3. The minimum absolute atomic E-state index is 0.0221. The van der Waals surface area contributed by atoms with E-state index in [9.17, 15) is 18.0 Å². The molecule has 0 unspecified atom stereocenters. The molecule has 1 aromatic heterocycles. The van der Waals surface area contributed by atoms with Gasteiger partial charge >= 0.3 is 0 Å². The Hall–Kier alpha value is -2.27. The number of sulfonamides is 1. The maximum atomic E-state index is 12.5. The van der Waals surface area contributed by atoms with Gasteiger partial charge in [0.15, 0.2) is 0 Å². The molecule has 0 bridgehead atoms. The highest BCUT2D eigenvalue weighted by Crippen LogP contribution is 2.18. The topological polar surface area (TPSA) is 105 Å². The van der Waals surface area contributed by atoms with Crippen LogP contribution in [0.25, 0.3) is 0 Å². The lowest BCUT2D eigenvalue weighted by Crippen LogP contribution is -2.43. The number of nitrogens with zero attached hydrogens (tertiary/aromatic N) is 1. The number of ether oxygens (including phenoxy) is 1. The van der Waals surface area contributed by atoms with Crippen molar-refractivity contribution in [3.05, 3.63) is 52.2 Å². The zero-order chi connectivity index (χ0) is 20.0. The van der Waals surface area contributed by atoms with Gasteiger partial charge in [0.05, 0.1) is 35.1 Å². The van der Waals surface area contributed by atoms with Crippen LogP contribution in [0.3, 0.4) is 0 Å². The number of carbonyl (C=O) groups is 2. The van der Waals surface area contributed by atoms with E-state index in [1.807, 2.05) is 0 Å². The van der Waals surface area contributed by atoms with Gasteiger partial charge in [-0.2, -0.15) is 4.31 Å². The highest BCUT2D eigenvalue weighted by atomic mass is 32.2. The van der Waals surface area contributed by atoms with Gasteiger partial charge in [-0.05, 0) is 23.6 Å². The molecule has 10 heteroatoms. The maximum absolute atomic E-state index is 12.5. The number of rotatable bonds is 7. The molecule has 0 aliphatic carbocycles. The van der Waals surface area contributed by atoms with E-state index in [0.29, 0.717) is 36.9 Å². The number of hydrogen-bond acceptors (Lipinski definition) is 6. The number of morpholine rings is 1. The highest BCUT2D eigenvalue weighted by molar-refractivity contribution is 7.89. The first-order valence-corrected chi connectivity index (χ1v) is 11.2. The van der Waals surface area contributed by atoms with Crippen LogP contribution in [0.15, 0.2) is 41.8 Å². The fraction of sp³-hybridized carbons (Fsp3) is 0.333. The van der Waals surface area contributed by atoms with Crippen LogP contribution in [0.2, 0.25) is 0 Å². The molecule has 1 aliphatic heterocycles. The number of amides is 2. The van der Waals surface area contributed by atoms with Gasteiger partial charge in [-0.1, -0.05) is 18.2 Å². The number of para-hydroxylation sites is 1. The van der Waals surface area contributed by atoms with Crippen LogP contribution in [0.5, 0.6) is 0 Å². The Bertz CT molecular complexity index is 922. The molecular formula is C18H21N3O5S2. The molecule has 2 N–H and O–H groups in total. The summed E-state index contributed by atoms with van der Waals surface area (Å²) in [7, 11) is -3.45. The van der Waals surface area contributed by atoms with Crippen molar-refractivity contribution in [1.82, 2.24) is 9.62 Å². The molecule has 1 fully saturated rings. The van der Waals surface area contributed by atoms with Gasteiger partial charge in [0.1, 0.15) is 0 Å².